The first kappa shape index (κ1) is 14.3. The molecule has 0 bridgehead atoms. The van der Waals surface area contributed by atoms with E-state index in [1.807, 2.05) is 24.0 Å². The summed E-state index contributed by atoms with van der Waals surface area (Å²) in [7, 11) is 0. The lowest BCUT2D eigenvalue weighted by Crippen LogP contribution is -2.51. The summed E-state index contributed by atoms with van der Waals surface area (Å²) in [6.45, 7) is 6.48. The molecule has 1 amide bonds. The van der Waals surface area contributed by atoms with E-state index in [0.29, 0.717) is 6.54 Å². The summed E-state index contributed by atoms with van der Waals surface area (Å²) in [6, 6.07) is 3.99. The van der Waals surface area contributed by atoms with Crippen molar-refractivity contribution in [2.75, 3.05) is 44.2 Å². The summed E-state index contributed by atoms with van der Waals surface area (Å²) >= 11 is 3.38. The number of halogens is 1. The SMILES string of the molecule is CCNCC(=O)N1CCN(c2ccc(Br)cn2)CC1. The molecule has 19 heavy (non-hydrogen) atoms. The molecule has 0 unspecified atom stereocenters. The molecular formula is C13H19BrN4O. The number of pyridine rings is 1. The Labute approximate surface area is 122 Å². The Bertz CT molecular complexity index is 415. The van der Waals surface area contributed by atoms with Crippen molar-refractivity contribution in [2.24, 2.45) is 0 Å². The van der Waals surface area contributed by atoms with Gasteiger partial charge in [-0.05, 0) is 34.6 Å². The molecule has 2 heterocycles. The number of amides is 1. The molecule has 1 aromatic rings. The quantitative estimate of drug-likeness (QED) is 0.900. The van der Waals surface area contributed by atoms with Gasteiger partial charge in [-0.15, -0.1) is 0 Å². The number of nitrogens with one attached hydrogen (secondary N) is 1. The zero-order chi connectivity index (χ0) is 13.7. The molecule has 6 heteroatoms. The van der Waals surface area contributed by atoms with Gasteiger partial charge in [0.15, 0.2) is 0 Å². The molecule has 1 saturated heterocycles. The van der Waals surface area contributed by atoms with Crippen LogP contribution in [0.5, 0.6) is 0 Å². The number of carbonyl (C=O) groups excluding carboxylic acids is 1. The Morgan fingerprint density at radius 1 is 1.37 bits per heavy atom. The highest BCUT2D eigenvalue weighted by molar-refractivity contribution is 9.10. The minimum Gasteiger partial charge on any atom is -0.353 e. The normalized spacial score (nSPS) is 15.7. The molecule has 0 aliphatic carbocycles. The van der Waals surface area contributed by atoms with Crippen LogP contribution >= 0.6 is 15.9 Å². The summed E-state index contributed by atoms with van der Waals surface area (Å²) in [6.07, 6.45) is 1.80. The van der Waals surface area contributed by atoms with Crippen molar-refractivity contribution in [3.05, 3.63) is 22.8 Å². The van der Waals surface area contributed by atoms with Gasteiger partial charge < -0.3 is 15.1 Å². The second kappa shape index (κ2) is 6.86. The first-order valence-corrected chi connectivity index (χ1v) is 7.35. The van der Waals surface area contributed by atoms with Crippen LogP contribution in [0.2, 0.25) is 0 Å². The van der Waals surface area contributed by atoms with Gasteiger partial charge in [-0.2, -0.15) is 0 Å². The summed E-state index contributed by atoms with van der Waals surface area (Å²) in [5.74, 6) is 1.16. The molecule has 1 aromatic heterocycles. The van der Waals surface area contributed by atoms with Gasteiger partial charge in [-0.3, -0.25) is 4.79 Å². The second-order valence-corrected chi connectivity index (χ2v) is 5.40. The van der Waals surface area contributed by atoms with E-state index in [2.05, 4.69) is 31.1 Å². The van der Waals surface area contributed by atoms with E-state index in [0.717, 1.165) is 43.0 Å². The van der Waals surface area contributed by atoms with E-state index in [4.69, 9.17) is 0 Å². The second-order valence-electron chi connectivity index (χ2n) is 4.48. The highest BCUT2D eigenvalue weighted by atomic mass is 79.9. The van der Waals surface area contributed by atoms with Gasteiger partial charge in [0.2, 0.25) is 5.91 Å². The molecule has 0 atom stereocenters. The Kier molecular flexibility index (Phi) is 5.15. The molecular weight excluding hydrogens is 308 g/mol. The highest BCUT2D eigenvalue weighted by Gasteiger charge is 2.21. The molecule has 0 aromatic carbocycles. The maximum absolute atomic E-state index is 11.9. The van der Waals surface area contributed by atoms with Crippen LogP contribution in [0.1, 0.15) is 6.92 Å². The van der Waals surface area contributed by atoms with Crippen LogP contribution in [0, 0.1) is 0 Å². The minimum atomic E-state index is 0.185. The fourth-order valence-corrected chi connectivity index (χ4v) is 2.32. The monoisotopic (exact) mass is 326 g/mol. The number of hydrogen-bond donors (Lipinski definition) is 1. The standard InChI is InChI=1S/C13H19BrN4O/c1-2-15-10-13(19)18-7-5-17(6-8-18)12-4-3-11(14)9-16-12/h3-4,9,15H,2,5-8,10H2,1H3. The zero-order valence-corrected chi connectivity index (χ0v) is 12.7. The van der Waals surface area contributed by atoms with Crippen LogP contribution in [-0.2, 0) is 4.79 Å². The molecule has 5 nitrogen and oxygen atoms in total. The Morgan fingerprint density at radius 2 is 2.11 bits per heavy atom. The van der Waals surface area contributed by atoms with Gasteiger partial charge in [0.05, 0.1) is 6.54 Å². The van der Waals surface area contributed by atoms with E-state index in [9.17, 15) is 4.79 Å². The fourth-order valence-electron chi connectivity index (χ4n) is 2.08. The maximum atomic E-state index is 11.9. The lowest BCUT2D eigenvalue weighted by Gasteiger charge is -2.35. The fraction of sp³-hybridized carbons (Fsp3) is 0.538. The lowest BCUT2D eigenvalue weighted by atomic mass is 10.3. The van der Waals surface area contributed by atoms with Gasteiger partial charge in [-0.1, -0.05) is 6.92 Å². The van der Waals surface area contributed by atoms with Crippen molar-refractivity contribution in [3.63, 3.8) is 0 Å². The smallest absolute Gasteiger partial charge is 0.236 e. The molecule has 2 rings (SSSR count). The molecule has 1 N–H and O–H groups in total. The third-order valence-corrected chi connectivity index (χ3v) is 3.66. The predicted molar refractivity (Wildman–Crippen MR) is 79.3 cm³/mol. The molecule has 0 saturated carbocycles. The summed E-state index contributed by atoms with van der Waals surface area (Å²) in [4.78, 5) is 20.4. The van der Waals surface area contributed by atoms with Crippen LogP contribution in [-0.4, -0.2) is 55.1 Å². The summed E-state index contributed by atoms with van der Waals surface area (Å²) in [5, 5.41) is 3.07. The van der Waals surface area contributed by atoms with Crippen molar-refractivity contribution in [1.29, 1.82) is 0 Å². The Morgan fingerprint density at radius 3 is 2.68 bits per heavy atom. The molecule has 0 spiro atoms. The largest absolute Gasteiger partial charge is 0.353 e. The number of aromatic nitrogens is 1. The van der Waals surface area contributed by atoms with Crippen molar-refractivity contribution in [1.82, 2.24) is 15.2 Å². The third-order valence-electron chi connectivity index (χ3n) is 3.19. The zero-order valence-electron chi connectivity index (χ0n) is 11.1. The first-order chi connectivity index (χ1) is 9.20. The van der Waals surface area contributed by atoms with Gasteiger partial charge in [0.25, 0.3) is 0 Å². The number of carbonyl (C=O) groups is 1. The number of rotatable bonds is 4. The Hall–Kier alpha value is -1.14. The molecule has 1 aliphatic heterocycles. The minimum absolute atomic E-state index is 0.185. The molecule has 1 aliphatic rings. The topological polar surface area (TPSA) is 48.5 Å². The van der Waals surface area contributed by atoms with Crippen LogP contribution < -0.4 is 10.2 Å². The van der Waals surface area contributed by atoms with E-state index in [-0.39, 0.29) is 5.91 Å². The molecule has 1 fully saturated rings. The van der Waals surface area contributed by atoms with E-state index in [1.54, 1.807) is 6.20 Å². The Balaban J connectivity index is 1.85. The maximum Gasteiger partial charge on any atom is 0.236 e. The van der Waals surface area contributed by atoms with Gasteiger partial charge in [-0.25, -0.2) is 4.98 Å². The third kappa shape index (κ3) is 3.91. The van der Waals surface area contributed by atoms with Crippen LogP contribution in [0.15, 0.2) is 22.8 Å². The van der Waals surface area contributed by atoms with Crippen molar-refractivity contribution in [3.8, 4) is 0 Å². The van der Waals surface area contributed by atoms with Crippen LogP contribution in [0.4, 0.5) is 5.82 Å². The number of hydrogen-bond acceptors (Lipinski definition) is 4. The summed E-state index contributed by atoms with van der Waals surface area (Å²) in [5.41, 5.74) is 0. The summed E-state index contributed by atoms with van der Waals surface area (Å²) < 4.78 is 0.982. The molecule has 0 radical (unpaired) electrons. The first-order valence-electron chi connectivity index (χ1n) is 6.55. The number of likely N-dealkylation sites (N-methyl/N-ethyl adjacent to an activating group) is 1. The van der Waals surface area contributed by atoms with Gasteiger partial charge in [0, 0.05) is 36.8 Å². The average Bonchev–Trinajstić information content (AvgIpc) is 2.46. The van der Waals surface area contributed by atoms with E-state index < -0.39 is 0 Å². The van der Waals surface area contributed by atoms with Crippen molar-refractivity contribution < 1.29 is 4.79 Å². The highest BCUT2D eigenvalue weighted by Crippen LogP contribution is 2.16. The van der Waals surface area contributed by atoms with Crippen molar-refractivity contribution in [2.45, 2.75) is 6.92 Å². The molecule has 104 valence electrons. The lowest BCUT2D eigenvalue weighted by molar-refractivity contribution is -0.130. The predicted octanol–water partition coefficient (Wildman–Crippen LogP) is 1.10. The van der Waals surface area contributed by atoms with E-state index in [1.165, 1.54) is 0 Å². The van der Waals surface area contributed by atoms with Crippen molar-refractivity contribution >= 4 is 27.7 Å². The average molecular weight is 327 g/mol. The van der Waals surface area contributed by atoms with Gasteiger partial charge in [0.1, 0.15) is 5.82 Å². The van der Waals surface area contributed by atoms with E-state index >= 15 is 0 Å². The number of nitrogens with zero attached hydrogens (tertiary/aromatic N) is 3. The number of piperazine rings is 1. The number of anilines is 1. The van der Waals surface area contributed by atoms with Crippen LogP contribution in [0.3, 0.4) is 0 Å². The van der Waals surface area contributed by atoms with Crippen LogP contribution in [0.25, 0.3) is 0 Å². The van der Waals surface area contributed by atoms with Gasteiger partial charge >= 0.3 is 0 Å².